The summed E-state index contributed by atoms with van der Waals surface area (Å²) in [7, 11) is 0. The Morgan fingerprint density at radius 3 is 2.83 bits per heavy atom. The summed E-state index contributed by atoms with van der Waals surface area (Å²) in [5.74, 6) is 0.175. The first-order valence-electron chi connectivity index (χ1n) is 5.36. The van der Waals surface area contributed by atoms with E-state index in [0.29, 0.717) is 11.1 Å². The highest BCUT2D eigenvalue weighted by molar-refractivity contribution is 7.17. The van der Waals surface area contributed by atoms with Crippen LogP contribution in [0.2, 0.25) is 0 Å². The Bertz CT molecular complexity index is 771. The average molecular weight is 252 g/mol. The summed E-state index contributed by atoms with van der Waals surface area (Å²) in [4.78, 5) is 4.23. The van der Waals surface area contributed by atoms with Gasteiger partial charge < -0.3 is 5.11 Å². The predicted octanol–water partition coefficient (Wildman–Crippen LogP) is 3.54. The van der Waals surface area contributed by atoms with Crippen LogP contribution >= 0.6 is 11.3 Å². The third-order valence-electron chi connectivity index (χ3n) is 2.79. The molecular formula is C14H8N2OS. The lowest BCUT2D eigenvalue weighted by Gasteiger charge is -2.07. The summed E-state index contributed by atoms with van der Waals surface area (Å²) >= 11 is 1.46. The maximum atomic E-state index is 10.1. The van der Waals surface area contributed by atoms with Crippen LogP contribution in [0.15, 0.2) is 41.9 Å². The summed E-state index contributed by atoms with van der Waals surface area (Å²) in [6.07, 6.45) is 0. The Kier molecular flexibility index (Phi) is 2.47. The van der Waals surface area contributed by atoms with Crippen molar-refractivity contribution in [3.8, 4) is 22.9 Å². The molecule has 0 saturated carbocycles. The number of thiazole rings is 1. The topological polar surface area (TPSA) is 56.9 Å². The van der Waals surface area contributed by atoms with E-state index < -0.39 is 0 Å². The van der Waals surface area contributed by atoms with Crippen LogP contribution in [0.5, 0.6) is 5.75 Å². The second-order valence-electron chi connectivity index (χ2n) is 3.82. The number of nitrogens with zero attached hydrogens (tertiary/aromatic N) is 2. The number of hydrogen-bond acceptors (Lipinski definition) is 4. The minimum Gasteiger partial charge on any atom is -0.507 e. The van der Waals surface area contributed by atoms with E-state index in [0.717, 1.165) is 15.8 Å². The van der Waals surface area contributed by atoms with E-state index in [1.165, 1.54) is 11.3 Å². The monoisotopic (exact) mass is 252 g/mol. The van der Waals surface area contributed by atoms with Gasteiger partial charge in [-0.1, -0.05) is 18.2 Å². The van der Waals surface area contributed by atoms with Crippen LogP contribution in [-0.4, -0.2) is 10.1 Å². The van der Waals surface area contributed by atoms with Crippen LogP contribution in [0.1, 0.15) is 5.56 Å². The smallest absolute Gasteiger partial charge is 0.125 e. The van der Waals surface area contributed by atoms with Gasteiger partial charge in [0.15, 0.2) is 0 Å². The Morgan fingerprint density at radius 2 is 2.00 bits per heavy atom. The maximum Gasteiger partial charge on any atom is 0.125 e. The van der Waals surface area contributed by atoms with Crippen molar-refractivity contribution in [3.05, 3.63) is 47.5 Å². The third-order valence-corrected chi connectivity index (χ3v) is 3.65. The summed E-state index contributed by atoms with van der Waals surface area (Å²) in [5, 5.41) is 19.2. The lowest BCUT2D eigenvalue weighted by atomic mass is 9.99. The molecule has 18 heavy (non-hydrogen) atoms. The van der Waals surface area contributed by atoms with Crippen molar-refractivity contribution in [2.45, 2.75) is 0 Å². The molecule has 3 rings (SSSR count). The second-order valence-corrected chi connectivity index (χ2v) is 4.67. The van der Waals surface area contributed by atoms with Gasteiger partial charge in [0.2, 0.25) is 0 Å². The SMILES string of the molecule is N#Cc1ccccc1-c1c(O)ccc2ncsc12. The van der Waals surface area contributed by atoms with Gasteiger partial charge in [0.1, 0.15) is 5.75 Å². The number of phenols is 1. The van der Waals surface area contributed by atoms with Crippen molar-refractivity contribution in [1.29, 1.82) is 5.26 Å². The van der Waals surface area contributed by atoms with E-state index in [9.17, 15) is 5.11 Å². The molecule has 1 heterocycles. The Balaban J connectivity index is 2.41. The van der Waals surface area contributed by atoms with Crippen LogP contribution in [-0.2, 0) is 0 Å². The van der Waals surface area contributed by atoms with Gasteiger partial charge in [-0.15, -0.1) is 11.3 Å². The van der Waals surface area contributed by atoms with E-state index in [2.05, 4.69) is 11.1 Å². The Morgan fingerprint density at radius 1 is 1.17 bits per heavy atom. The zero-order valence-electron chi connectivity index (χ0n) is 9.29. The van der Waals surface area contributed by atoms with E-state index in [-0.39, 0.29) is 5.75 Å². The largest absolute Gasteiger partial charge is 0.507 e. The van der Waals surface area contributed by atoms with Crippen LogP contribution in [0, 0.1) is 11.3 Å². The highest BCUT2D eigenvalue weighted by Crippen LogP contribution is 2.39. The molecule has 1 aromatic heterocycles. The Hall–Kier alpha value is -2.38. The minimum atomic E-state index is 0.175. The summed E-state index contributed by atoms with van der Waals surface area (Å²) < 4.78 is 0.901. The minimum absolute atomic E-state index is 0.175. The second kappa shape index (κ2) is 4.13. The molecule has 0 unspecified atom stereocenters. The average Bonchev–Trinajstić information content (AvgIpc) is 2.87. The molecular weight excluding hydrogens is 244 g/mol. The number of hydrogen-bond donors (Lipinski definition) is 1. The standard InChI is InChI=1S/C14H8N2OS/c15-7-9-3-1-2-4-10(9)13-12(17)6-5-11-14(13)18-8-16-11/h1-6,8,17H. The molecule has 0 aliphatic rings. The van der Waals surface area contributed by atoms with Crippen LogP contribution in [0.25, 0.3) is 21.3 Å². The Labute approximate surface area is 108 Å². The normalized spacial score (nSPS) is 10.4. The van der Waals surface area contributed by atoms with Gasteiger partial charge in [0.25, 0.3) is 0 Å². The molecule has 4 heteroatoms. The lowest BCUT2D eigenvalue weighted by molar-refractivity contribution is 0.478. The van der Waals surface area contributed by atoms with Gasteiger partial charge in [-0.3, -0.25) is 0 Å². The van der Waals surface area contributed by atoms with Gasteiger partial charge in [-0.05, 0) is 18.2 Å². The quantitative estimate of drug-likeness (QED) is 0.720. The van der Waals surface area contributed by atoms with Crippen molar-refractivity contribution >= 4 is 21.6 Å². The third kappa shape index (κ3) is 1.53. The molecule has 0 amide bonds. The molecule has 0 fully saturated rings. The van der Waals surface area contributed by atoms with E-state index in [4.69, 9.17) is 5.26 Å². The molecule has 2 aromatic carbocycles. The number of aromatic hydroxyl groups is 1. The fourth-order valence-corrected chi connectivity index (χ4v) is 2.82. The molecule has 0 radical (unpaired) electrons. The summed E-state index contributed by atoms with van der Waals surface area (Å²) in [6.45, 7) is 0. The van der Waals surface area contributed by atoms with Gasteiger partial charge in [-0.25, -0.2) is 4.98 Å². The zero-order valence-corrected chi connectivity index (χ0v) is 10.1. The molecule has 0 bridgehead atoms. The first kappa shape index (κ1) is 10.8. The molecule has 0 aliphatic heterocycles. The number of aromatic nitrogens is 1. The zero-order chi connectivity index (χ0) is 12.5. The molecule has 3 aromatic rings. The van der Waals surface area contributed by atoms with E-state index >= 15 is 0 Å². The van der Waals surface area contributed by atoms with Gasteiger partial charge in [0, 0.05) is 11.1 Å². The molecule has 0 spiro atoms. The number of nitriles is 1. The van der Waals surface area contributed by atoms with Gasteiger partial charge >= 0.3 is 0 Å². The molecule has 0 saturated heterocycles. The highest BCUT2D eigenvalue weighted by Gasteiger charge is 2.14. The number of rotatable bonds is 1. The molecule has 1 N–H and O–H groups in total. The van der Waals surface area contributed by atoms with E-state index in [1.807, 2.05) is 18.2 Å². The number of phenolic OH excluding ortho intramolecular Hbond substituents is 1. The molecule has 0 aliphatic carbocycles. The van der Waals surface area contributed by atoms with Crippen molar-refractivity contribution in [2.24, 2.45) is 0 Å². The van der Waals surface area contributed by atoms with Crippen molar-refractivity contribution in [1.82, 2.24) is 4.98 Å². The van der Waals surface area contributed by atoms with Crippen LogP contribution < -0.4 is 0 Å². The predicted molar refractivity (Wildman–Crippen MR) is 71.4 cm³/mol. The van der Waals surface area contributed by atoms with E-state index in [1.54, 1.807) is 23.7 Å². The van der Waals surface area contributed by atoms with Crippen LogP contribution in [0.4, 0.5) is 0 Å². The van der Waals surface area contributed by atoms with Crippen molar-refractivity contribution in [3.63, 3.8) is 0 Å². The maximum absolute atomic E-state index is 10.1. The number of fused-ring (bicyclic) bond motifs is 1. The molecule has 0 atom stereocenters. The summed E-state index contributed by atoms with van der Waals surface area (Å²) in [5.41, 5.74) is 4.55. The van der Waals surface area contributed by atoms with Gasteiger partial charge in [0.05, 0.1) is 27.4 Å². The van der Waals surface area contributed by atoms with Crippen LogP contribution in [0.3, 0.4) is 0 Å². The van der Waals surface area contributed by atoms with Crippen molar-refractivity contribution < 1.29 is 5.11 Å². The van der Waals surface area contributed by atoms with Crippen molar-refractivity contribution in [2.75, 3.05) is 0 Å². The highest BCUT2D eigenvalue weighted by atomic mass is 32.1. The molecule has 86 valence electrons. The first-order valence-corrected chi connectivity index (χ1v) is 6.24. The first-order chi connectivity index (χ1) is 8.81. The number of benzene rings is 2. The summed E-state index contributed by atoms with van der Waals surface area (Å²) in [6, 6.07) is 12.8. The lowest BCUT2D eigenvalue weighted by Crippen LogP contribution is -1.85. The fraction of sp³-hybridized carbons (Fsp3) is 0. The van der Waals surface area contributed by atoms with Gasteiger partial charge in [-0.2, -0.15) is 5.26 Å². The molecule has 3 nitrogen and oxygen atoms in total. The fourth-order valence-electron chi connectivity index (χ4n) is 1.98.